The summed E-state index contributed by atoms with van der Waals surface area (Å²) in [5.74, 6) is -0.00312. The Hall–Kier alpha value is -2.32. The van der Waals surface area contributed by atoms with E-state index in [0.29, 0.717) is 26.0 Å². The highest BCUT2D eigenvalue weighted by atomic mass is 16.5. The summed E-state index contributed by atoms with van der Waals surface area (Å²) in [5.41, 5.74) is 1.92. The van der Waals surface area contributed by atoms with Crippen molar-refractivity contribution in [1.82, 2.24) is 30.0 Å². The molecule has 2 aromatic rings. The number of carbonyl (C=O) groups excluding carboxylic acids is 1. The molecular weight excluding hydrogens is 332 g/mol. The predicted octanol–water partition coefficient (Wildman–Crippen LogP) is 0.721. The van der Waals surface area contributed by atoms with E-state index in [9.17, 15) is 4.79 Å². The maximum Gasteiger partial charge on any atom is 0.220 e. The number of ether oxygens (including phenoxy) is 1. The summed E-state index contributed by atoms with van der Waals surface area (Å²) in [6.07, 6.45) is 7.63. The molecule has 0 bridgehead atoms. The van der Waals surface area contributed by atoms with E-state index in [0.717, 1.165) is 24.5 Å². The molecule has 3 heterocycles. The Labute approximate surface area is 153 Å². The number of rotatable bonds is 7. The zero-order chi connectivity index (χ0) is 18.4. The SMILES string of the molecule is CCN1CCO[C@@H](CNC(=O)CCc2cnccn2)[C@@H]1c1ccnn1C. The summed E-state index contributed by atoms with van der Waals surface area (Å²) in [7, 11) is 1.94. The summed E-state index contributed by atoms with van der Waals surface area (Å²) in [4.78, 5) is 22.8. The molecule has 1 saturated heterocycles. The number of hydrogen-bond acceptors (Lipinski definition) is 6. The summed E-state index contributed by atoms with van der Waals surface area (Å²) < 4.78 is 7.87. The number of aromatic nitrogens is 4. The van der Waals surface area contributed by atoms with Gasteiger partial charge in [-0.1, -0.05) is 6.92 Å². The van der Waals surface area contributed by atoms with Crippen LogP contribution >= 0.6 is 0 Å². The molecular formula is C18H26N6O2. The van der Waals surface area contributed by atoms with Gasteiger partial charge in [-0.15, -0.1) is 0 Å². The molecule has 8 heteroatoms. The third-order valence-electron chi connectivity index (χ3n) is 4.75. The fraction of sp³-hybridized carbons (Fsp3) is 0.556. The van der Waals surface area contributed by atoms with Crippen molar-refractivity contribution in [2.75, 3.05) is 26.2 Å². The molecule has 0 aromatic carbocycles. The molecule has 2 atom stereocenters. The van der Waals surface area contributed by atoms with Crippen LogP contribution in [0.4, 0.5) is 0 Å². The van der Waals surface area contributed by atoms with E-state index in [1.807, 2.05) is 17.8 Å². The predicted molar refractivity (Wildman–Crippen MR) is 96.3 cm³/mol. The molecule has 0 aliphatic carbocycles. The van der Waals surface area contributed by atoms with Gasteiger partial charge in [0.05, 0.1) is 30.1 Å². The van der Waals surface area contributed by atoms with E-state index in [2.05, 4.69) is 32.2 Å². The van der Waals surface area contributed by atoms with Crippen LogP contribution in [0.1, 0.15) is 30.8 Å². The Kier molecular flexibility index (Phi) is 6.30. The lowest BCUT2D eigenvalue weighted by molar-refractivity contribution is -0.123. The first-order valence-corrected chi connectivity index (χ1v) is 9.04. The van der Waals surface area contributed by atoms with Crippen LogP contribution in [0.15, 0.2) is 30.9 Å². The topological polar surface area (TPSA) is 85.2 Å². The first kappa shape index (κ1) is 18.5. The van der Waals surface area contributed by atoms with Crippen molar-refractivity contribution >= 4 is 5.91 Å². The monoisotopic (exact) mass is 358 g/mol. The van der Waals surface area contributed by atoms with Crippen LogP contribution in [0.5, 0.6) is 0 Å². The number of morpholine rings is 1. The average molecular weight is 358 g/mol. The molecule has 26 heavy (non-hydrogen) atoms. The molecule has 140 valence electrons. The molecule has 1 N–H and O–H groups in total. The molecule has 2 aromatic heterocycles. The van der Waals surface area contributed by atoms with Crippen LogP contribution in [0.3, 0.4) is 0 Å². The Morgan fingerprint density at radius 3 is 2.96 bits per heavy atom. The van der Waals surface area contributed by atoms with Gasteiger partial charge >= 0.3 is 0 Å². The first-order chi connectivity index (χ1) is 12.7. The molecule has 1 amide bonds. The average Bonchev–Trinajstić information content (AvgIpc) is 3.10. The number of carbonyl (C=O) groups is 1. The maximum absolute atomic E-state index is 12.2. The number of nitrogens with one attached hydrogen (secondary N) is 1. The molecule has 0 saturated carbocycles. The number of amides is 1. The van der Waals surface area contributed by atoms with Crippen molar-refractivity contribution in [2.45, 2.75) is 31.9 Å². The van der Waals surface area contributed by atoms with Gasteiger partial charge in [-0.25, -0.2) is 0 Å². The normalized spacial score (nSPS) is 20.8. The van der Waals surface area contributed by atoms with Crippen LogP contribution in [0.25, 0.3) is 0 Å². The molecule has 0 unspecified atom stereocenters. The fourth-order valence-electron chi connectivity index (χ4n) is 3.37. The number of aryl methyl sites for hydroxylation is 2. The van der Waals surface area contributed by atoms with Gasteiger partial charge in [-0.3, -0.25) is 24.3 Å². The zero-order valence-corrected chi connectivity index (χ0v) is 15.3. The highest BCUT2D eigenvalue weighted by Crippen LogP contribution is 2.28. The third kappa shape index (κ3) is 4.44. The highest BCUT2D eigenvalue weighted by Gasteiger charge is 2.34. The summed E-state index contributed by atoms with van der Waals surface area (Å²) >= 11 is 0. The molecule has 1 fully saturated rings. The van der Waals surface area contributed by atoms with Crippen LogP contribution in [-0.4, -0.2) is 62.9 Å². The van der Waals surface area contributed by atoms with Crippen molar-refractivity contribution in [1.29, 1.82) is 0 Å². The van der Waals surface area contributed by atoms with E-state index >= 15 is 0 Å². The number of nitrogens with zero attached hydrogens (tertiary/aromatic N) is 5. The van der Waals surface area contributed by atoms with Crippen LogP contribution in [0.2, 0.25) is 0 Å². The second-order valence-electron chi connectivity index (χ2n) is 6.36. The maximum atomic E-state index is 12.2. The van der Waals surface area contributed by atoms with Gasteiger partial charge in [0.2, 0.25) is 5.91 Å². The smallest absolute Gasteiger partial charge is 0.220 e. The van der Waals surface area contributed by atoms with E-state index in [1.54, 1.807) is 24.8 Å². The molecule has 8 nitrogen and oxygen atoms in total. The van der Waals surface area contributed by atoms with Gasteiger partial charge in [-0.05, 0) is 19.0 Å². The second kappa shape index (κ2) is 8.86. The lowest BCUT2D eigenvalue weighted by Gasteiger charge is -2.40. The number of hydrogen-bond donors (Lipinski definition) is 1. The fourth-order valence-corrected chi connectivity index (χ4v) is 3.37. The van der Waals surface area contributed by atoms with Gasteiger partial charge in [0.15, 0.2) is 0 Å². The first-order valence-electron chi connectivity index (χ1n) is 9.04. The van der Waals surface area contributed by atoms with Crippen molar-refractivity contribution in [2.24, 2.45) is 7.05 Å². The lowest BCUT2D eigenvalue weighted by atomic mass is 10.0. The van der Waals surface area contributed by atoms with Crippen molar-refractivity contribution < 1.29 is 9.53 Å². The molecule has 3 rings (SSSR count). The van der Waals surface area contributed by atoms with Crippen LogP contribution < -0.4 is 5.32 Å². The van der Waals surface area contributed by atoms with Crippen LogP contribution in [0, 0.1) is 0 Å². The quantitative estimate of drug-likeness (QED) is 0.785. The second-order valence-corrected chi connectivity index (χ2v) is 6.36. The van der Waals surface area contributed by atoms with Gasteiger partial charge < -0.3 is 10.1 Å². The standard InChI is InChI=1S/C18H26N6O2/c1-3-24-10-11-26-16(18(24)15-6-7-22-23(15)2)13-21-17(25)5-4-14-12-19-8-9-20-14/h6-9,12,16,18H,3-5,10-11,13H2,1-2H3,(H,21,25)/t16-,18-/m0/s1. The largest absolute Gasteiger partial charge is 0.373 e. The van der Waals surface area contributed by atoms with Crippen LogP contribution in [-0.2, 0) is 23.0 Å². The lowest BCUT2D eigenvalue weighted by Crippen LogP contribution is -2.50. The van der Waals surface area contributed by atoms with E-state index < -0.39 is 0 Å². The summed E-state index contributed by atoms with van der Waals surface area (Å²) in [6, 6.07) is 2.10. The van der Waals surface area contributed by atoms with Crippen molar-refractivity contribution in [3.63, 3.8) is 0 Å². The minimum absolute atomic E-state index is 0.00312. The zero-order valence-electron chi connectivity index (χ0n) is 15.3. The Morgan fingerprint density at radius 1 is 1.38 bits per heavy atom. The van der Waals surface area contributed by atoms with E-state index in [4.69, 9.17) is 4.74 Å². The third-order valence-corrected chi connectivity index (χ3v) is 4.75. The van der Waals surface area contributed by atoms with E-state index in [-0.39, 0.29) is 18.1 Å². The van der Waals surface area contributed by atoms with Gasteiger partial charge in [-0.2, -0.15) is 5.10 Å². The van der Waals surface area contributed by atoms with Gasteiger partial charge in [0.25, 0.3) is 0 Å². The molecule has 0 radical (unpaired) electrons. The highest BCUT2D eigenvalue weighted by molar-refractivity contribution is 5.76. The minimum Gasteiger partial charge on any atom is -0.373 e. The Morgan fingerprint density at radius 2 is 2.27 bits per heavy atom. The van der Waals surface area contributed by atoms with Gasteiger partial charge in [0.1, 0.15) is 0 Å². The Balaban J connectivity index is 1.58. The summed E-state index contributed by atoms with van der Waals surface area (Å²) in [5, 5.41) is 7.30. The molecule has 0 spiro atoms. The molecule has 1 aliphatic heterocycles. The Bertz CT molecular complexity index is 705. The van der Waals surface area contributed by atoms with E-state index in [1.165, 1.54) is 0 Å². The van der Waals surface area contributed by atoms with Crippen molar-refractivity contribution in [3.8, 4) is 0 Å². The summed E-state index contributed by atoms with van der Waals surface area (Å²) in [6.45, 7) is 5.10. The van der Waals surface area contributed by atoms with Crippen molar-refractivity contribution in [3.05, 3.63) is 42.2 Å². The van der Waals surface area contributed by atoms with Gasteiger partial charge in [0, 0.05) is 51.3 Å². The number of likely N-dealkylation sites (N-methyl/N-ethyl adjacent to an activating group) is 1. The minimum atomic E-state index is -0.0976. The molecule has 1 aliphatic rings.